The van der Waals surface area contributed by atoms with Crippen LogP contribution in [-0.4, -0.2) is 35.4 Å². The average molecular weight is 273 g/mol. The molecule has 108 valence electrons. The summed E-state index contributed by atoms with van der Waals surface area (Å²) in [5.74, 6) is -0.333. The summed E-state index contributed by atoms with van der Waals surface area (Å²) in [6, 6.07) is 2.49. The van der Waals surface area contributed by atoms with E-state index in [1.165, 1.54) is 30.5 Å². The van der Waals surface area contributed by atoms with Crippen molar-refractivity contribution in [2.24, 2.45) is 5.73 Å². The third-order valence-corrected chi connectivity index (χ3v) is 4.75. The Morgan fingerprint density at radius 2 is 2.25 bits per heavy atom. The molecule has 0 bridgehead atoms. The number of nitrogens with two attached hydrogens (primary N) is 1. The molecule has 1 atom stereocenters. The largest absolute Gasteiger partial charge is 0.366 e. The van der Waals surface area contributed by atoms with Crippen LogP contribution in [0.3, 0.4) is 0 Å². The number of aromatic nitrogens is 1. The molecule has 20 heavy (non-hydrogen) atoms. The number of aryl methyl sites for hydroxylation is 2. The Bertz CT molecular complexity index is 527. The lowest BCUT2D eigenvalue weighted by molar-refractivity contribution is 0.0998. The highest BCUT2D eigenvalue weighted by atomic mass is 16.1. The molecule has 1 aliphatic carbocycles. The summed E-state index contributed by atoms with van der Waals surface area (Å²) in [6.07, 6.45) is 7.80. The predicted octanol–water partition coefficient (Wildman–Crippen LogP) is 1.70. The maximum atomic E-state index is 11.7. The van der Waals surface area contributed by atoms with Crippen molar-refractivity contribution in [2.45, 2.75) is 51.0 Å². The van der Waals surface area contributed by atoms with Gasteiger partial charge in [-0.2, -0.15) is 0 Å². The van der Waals surface area contributed by atoms with Crippen LogP contribution >= 0.6 is 0 Å². The predicted molar refractivity (Wildman–Crippen MR) is 78.8 cm³/mol. The first-order valence-electron chi connectivity index (χ1n) is 7.67. The van der Waals surface area contributed by atoms with Gasteiger partial charge in [0.25, 0.3) is 5.91 Å². The third-order valence-electron chi connectivity index (χ3n) is 4.75. The molecule has 0 aromatic carbocycles. The molecule has 0 unspecified atom stereocenters. The summed E-state index contributed by atoms with van der Waals surface area (Å²) in [5.41, 5.74) is 9.52. The molecule has 1 aromatic heterocycles. The van der Waals surface area contributed by atoms with E-state index in [-0.39, 0.29) is 5.91 Å². The Morgan fingerprint density at radius 3 is 3.00 bits per heavy atom. The molecule has 4 nitrogen and oxygen atoms in total. The van der Waals surface area contributed by atoms with Gasteiger partial charge in [-0.15, -0.1) is 0 Å². The van der Waals surface area contributed by atoms with Gasteiger partial charge in [0.15, 0.2) is 0 Å². The van der Waals surface area contributed by atoms with Gasteiger partial charge in [-0.05, 0) is 57.3 Å². The van der Waals surface area contributed by atoms with E-state index in [9.17, 15) is 4.79 Å². The molecule has 1 aromatic rings. The minimum Gasteiger partial charge on any atom is -0.366 e. The van der Waals surface area contributed by atoms with Gasteiger partial charge >= 0.3 is 0 Å². The summed E-state index contributed by atoms with van der Waals surface area (Å²) in [6.45, 7) is 1.14. The number of likely N-dealkylation sites (N-methyl/N-ethyl adjacent to an activating group) is 1. The van der Waals surface area contributed by atoms with E-state index in [0.29, 0.717) is 11.6 Å². The molecular formula is C16H23N3O. The van der Waals surface area contributed by atoms with Crippen molar-refractivity contribution in [3.05, 3.63) is 28.6 Å². The number of hydrogen-bond donors (Lipinski definition) is 1. The van der Waals surface area contributed by atoms with Crippen molar-refractivity contribution in [1.29, 1.82) is 0 Å². The monoisotopic (exact) mass is 273 g/mol. The van der Waals surface area contributed by atoms with E-state index in [2.05, 4.69) is 11.9 Å². The van der Waals surface area contributed by atoms with Crippen LogP contribution in [0.1, 0.15) is 53.0 Å². The van der Waals surface area contributed by atoms with E-state index < -0.39 is 0 Å². The lowest BCUT2D eigenvalue weighted by atomic mass is 9.95. The number of amides is 1. The number of primary amides is 1. The number of carbonyl (C=O) groups is 1. The van der Waals surface area contributed by atoms with E-state index in [0.717, 1.165) is 37.9 Å². The van der Waals surface area contributed by atoms with Crippen LogP contribution < -0.4 is 5.73 Å². The maximum absolute atomic E-state index is 11.7. The van der Waals surface area contributed by atoms with Crippen LogP contribution in [0.2, 0.25) is 0 Å². The van der Waals surface area contributed by atoms with Crippen molar-refractivity contribution in [3.63, 3.8) is 0 Å². The van der Waals surface area contributed by atoms with Crippen LogP contribution in [-0.2, 0) is 19.3 Å². The highest BCUT2D eigenvalue weighted by Gasteiger charge is 2.24. The molecule has 4 heteroatoms. The average Bonchev–Trinajstić information content (AvgIpc) is 2.87. The van der Waals surface area contributed by atoms with Crippen molar-refractivity contribution in [2.75, 3.05) is 13.6 Å². The van der Waals surface area contributed by atoms with E-state index >= 15 is 0 Å². The van der Waals surface area contributed by atoms with Crippen molar-refractivity contribution in [1.82, 2.24) is 9.88 Å². The van der Waals surface area contributed by atoms with Crippen LogP contribution in [0, 0.1) is 0 Å². The molecule has 2 N–H and O–H groups in total. The molecule has 3 rings (SSSR count). The SMILES string of the molecule is CN1CCCC[C@@H]1Cc1nc2c(cc1C(N)=O)CCC2. The van der Waals surface area contributed by atoms with E-state index in [1.807, 2.05) is 6.07 Å². The molecule has 2 aliphatic rings. The van der Waals surface area contributed by atoms with Gasteiger partial charge in [-0.1, -0.05) is 6.42 Å². The highest BCUT2D eigenvalue weighted by molar-refractivity contribution is 5.94. The summed E-state index contributed by atoms with van der Waals surface area (Å²) < 4.78 is 0. The van der Waals surface area contributed by atoms with Gasteiger partial charge < -0.3 is 10.6 Å². The molecule has 1 fully saturated rings. The fourth-order valence-corrected chi connectivity index (χ4v) is 3.51. The zero-order valence-corrected chi connectivity index (χ0v) is 12.2. The molecule has 0 radical (unpaired) electrons. The first-order chi connectivity index (χ1) is 9.65. The minimum atomic E-state index is -0.333. The van der Waals surface area contributed by atoms with Gasteiger partial charge in [0.2, 0.25) is 0 Å². The quantitative estimate of drug-likeness (QED) is 0.912. The smallest absolute Gasteiger partial charge is 0.250 e. The molecule has 1 saturated heterocycles. The second-order valence-corrected chi connectivity index (χ2v) is 6.14. The number of pyridine rings is 1. The number of piperidine rings is 1. The zero-order chi connectivity index (χ0) is 14.1. The standard InChI is InChI=1S/C16H23N3O/c1-19-8-3-2-6-12(19)10-15-13(16(17)20)9-11-5-4-7-14(11)18-15/h9,12H,2-8,10H2,1H3,(H2,17,20)/t12-/m1/s1. The maximum Gasteiger partial charge on any atom is 0.250 e. The number of nitrogens with zero attached hydrogens (tertiary/aromatic N) is 2. The van der Waals surface area contributed by atoms with E-state index in [4.69, 9.17) is 10.7 Å². The summed E-state index contributed by atoms with van der Waals surface area (Å²) in [4.78, 5) is 18.9. The van der Waals surface area contributed by atoms with Crippen molar-refractivity contribution < 1.29 is 4.79 Å². The lowest BCUT2D eigenvalue weighted by Crippen LogP contribution is -2.38. The molecule has 0 saturated carbocycles. The van der Waals surface area contributed by atoms with Crippen molar-refractivity contribution in [3.8, 4) is 0 Å². The van der Waals surface area contributed by atoms with Crippen LogP contribution in [0.15, 0.2) is 6.07 Å². The molecule has 1 aliphatic heterocycles. The van der Waals surface area contributed by atoms with Gasteiger partial charge in [-0.3, -0.25) is 9.78 Å². The molecule has 2 heterocycles. The number of carbonyl (C=O) groups excluding carboxylic acids is 1. The minimum absolute atomic E-state index is 0.333. The first-order valence-corrected chi connectivity index (χ1v) is 7.67. The van der Waals surface area contributed by atoms with Gasteiger partial charge in [0.1, 0.15) is 0 Å². The van der Waals surface area contributed by atoms with Gasteiger partial charge in [-0.25, -0.2) is 0 Å². The number of likely N-dealkylation sites (tertiary alicyclic amines) is 1. The summed E-state index contributed by atoms with van der Waals surface area (Å²) in [5, 5.41) is 0. The molecular weight excluding hydrogens is 250 g/mol. The second-order valence-electron chi connectivity index (χ2n) is 6.14. The second kappa shape index (κ2) is 5.52. The van der Waals surface area contributed by atoms with Crippen LogP contribution in [0.5, 0.6) is 0 Å². The molecule has 1 amide bonds. The lowest BCUT2D eigenvalue weighted by Gasteiger charge is -2.32. The van der Waals surface area contributed by atoms with Crippen molar-refractivity contribution >= 4 is 5.91 Å². The Morgan fingerprint density at radius 1 is 1.40 bits per heavy atom. The molecule has 0 spiro atoms. The Labute approximate surface area is 120 Å². The third kappa shape index (κ3) is 2.57. The Hall–Kier alpha value is -1.42. The fourth-order valence-electron chi connectivity index (χ4n) is 3.51. The zero-order valence-electron chi connectivity index (χ0n) is 12.2. The number of hydrogen-bond acceptors (Lipinski definition) is 3. The Kier molecular flexibility index (Phi) is 3.74. The number of fused-ring (bicyclic) bond motifs is 1. The number of rotatable bonds is 3. The first kappa shape index (κ1) is 13.6. The van der Waals surface area contributed by atoms with Crippen LogP contribution in [0.25, 0.3) is 0 Å². The topological polar surface area (TPSA) is 59.2 Å². The highest BCUT2D eigenvalue weighted by Crippen LogP contribution is 2.25. The Balaban J connectivity index is 1.89. The van der Waals surface area contributed by atoms with Gasteiger partial charge in [0, 0.05) is 18.2 Å². The normalized spacial score (nSPS) is 22.8. The summed E-state index contributed by atoms with van der Waals surface area (Å²) in [7, 11) is 2.17. The van der Waals surface area contributed by atoms with E-state index in [1.54, 1.807) is 0 Å². The fraction of sp³-hybridized carbons (Fsp3) is 0.625. The van der Waals surface area contributed by atoms with Crippen LogP contribution in [0.4, 0.5) is 0 Å². The summed E-state index contributed by atoms with van der Waals surface area (Å²) >= 11 is 0. The van der Waals surface area contributed by atoms with Gasteiger partial charge in [0.05, 0.1) is 11.3 Å².